The Labute approximate surface area is 94.6 Å². The molecule has 0 saturated carbocycles. The first kappa shape index (κ1) is 14.9. The number of aliphatic carboxylic acids is 1. The Kier molecular flexibility index (Phi) is 5.98. The highest BCUT2D eigenvalue weighted by Crippen LogP contribution is 2.20. The summed E-state index contributed by atoms with van der Waals surface area (Å²) in [6, 6.07) is 0. The number of hydrogen-bond acceptors (Lipinski definition) is 4. The minimum absolute atomic E-state index is 0.00822. The van der Waals surface area contributed by atoms with Crippen molar-refractivity contribution < 1.29 is 24.5 Å². The van der Waals surface area contributed by atoms with E-state index in [0.29, 0.717) is 0 Å². The number of aliphatic hydroxyl groups is 1. The normalized spacial score (nSPS) is 13.2. The van der Waals surface area contributed by atoms with Crippen LogP contribution in [-0.4, -0.2) is 48.5 Å². The summed E-state index contributed by atoms with van der Waals surface area (Å²) in [7, 11) is 1.48. The van der Waals surface area contributed by atoms with E-state index in [4.69, 9.17) is 9.84 Å². The van der Waals surface area contributed by atoms with Gasteiger partial charge in [0, 0.05) is 19.1 Å². The second kappa shape index (κ2) is 6.44. The molecule has 0 fully saturated rings. The zero-order chi connectivity index (χ0) is 12.8. The van der Waals surface area contributed by atoms with E-state index in [0.717, 1.165) is 0 Å². The lowest BCUT2D eigenvalue weighted by Gasteiger charge is -2.28. The molecule has 1 unspecified atom stereocenters. The molecule has 0 aromatic rings. The van der Waals surface area contributed by atoms with Gasteiger partial charge in [-0.05, 0) is 0 Å². The number of methoxy groups -OCH3 is 1. The van der Waals surface area contributed by atoms with E-state index in [2.05, 4.69) is 5.32 Å². The molecule has 0 aromatic heterocycles. The molecule has 0 spiro atoms. The van der Waals surface area contributed by atoms with Gasteiger partial charge >= 0.3 is 5.97 Å². The van der Waals surface area contributed by atoms with E-state index in [9.17, 15) is 14.7 Å². The van der Waals surface area contributed by atoms with Gasteiger partial charge in [-0.3, -0.25) is 9.59 Å². The zero-order valence-electron chi connectivity index (χ0n) is 9.82. The van der Waals surface area contributed by atoms with E-state index in [-0.39, 0.29) is 19.6 Å². The third-order valence-corrected chi connectivity index (χ3v) is 2.14. The molecule has 94 valence electrons. The van der Waals surface area contributed by atoms with Crippen LogP contribution >= 0.6 is 0 Å². The summed E-state index contributed by atoms with van der Waals surface area (Å²) in [6.45, 7) is 3.63. The van der Waals surface area contributed by atoms with Gasteiger partial charge in [0.1, 0.15) is 6.10 Å². The van der Waals surface area contributed by atoms with Gasteiger partial charge in [-0.1, -0.05) is 13.8 Å². The fraction of sp³-hybridized carbons (Fsp3) is 0.800. The fourth-order valence-electron chi connectivity index (χ4n) is 1.20. The highest BCUT2D eigenvalue weighted by Gasteiger charge is 2.33. The standard InChI is InChI=1S/C10H19NO5/c1-10(2,6-16-3)8(14)9(15)11-5-4-7(12)13/h8,14H,4-6H2,1-3H3,(H,11,15)(H,12,13). The number of nitrogens with one attached hydrogen (secondary N) is 1. The van der Waals surface area contributed by atoms with E-state index in [1.54, 1.807) is 13.8 Å². The number of carbonyl (C=O) groups is 2. The first-order valence-electron chi connectivity index (χ1n) is 4.97. The number of rotatable bonds is 7. The van der Waals surface area contributed by atoms with Crippen LogP contribution in [0.2, 0.25) is 0 Å². The van der Waals surface area contributed by atoms with Crippen molar-refractivity contribution in [1.29, 1.82) is 0 Å². The second-order valence-electron chi connectivity index (χ2n) is 4.26. The molecule has 0 bridgehead atoms. The van der Waals surface area contributed by atoms with Crippen LogP contribution in [0.4, 0.5) is 0 Å². The van der Waals surface area contributed by atoms with Crippen molar-refractivity contribution in [3.8, 4) is 0 Å². The van der Waals surface area contributed by atoms with Crippen LogP contribution in [0.5, 0.6) is 0 Å². The van der Waals surface area contributed by atoms with Crippen molar-refractivity contribution in [3.63, 3.8) is 0 Å². The Balaban J connectivity index is 4.12. The Hall–Kier alpha value is -1.14. The fourth-order valence-corrected chi connectivity index (χ4v) is 1.20. The van der Waals surface area contributed by atoms with Crippen molar-refractivity contribution in [2.24, 2.45) is 5.41 Å². The van der Waals surface area contributed by atoms with Crippen LogP contribution < -0.4 is 5.32 Å². The number of hydrogen-bond donors (Lipinski definition) is 3. The van der Waals surface area contributed by atoms with Gasteiger partial charge in [-0.15, -0.1) is 0 Å². The molecule has 3 N–H and O–H groups in total. The van der Waals surface area contributed by atoms with Crippen LogP contribution in [0.3, 0.4) is 0 Å². The lowest BCUT2D eigenvalue weighted by Crippen LogP contribution is -2.46. The molecule has 0 aliphatic heterocycles. The van der Waals surface area contributed by atoms with Gasteiger partial charge in [0.25, 0.3) is 0 Å². The summed E-state index contributed by atoms with van der Waals surface area (Å²) >= 11 is 0. The monoisotopic (exact) mass is 233 g/mol. The molecule has 0 radical (unpaired) electrons. The SMILES string of the molecule is COCC(C)(C)C(O)C(=O)NCCC(=O)O. The van der Waals surface area contributed by atoms with Crippen LogP contribution in [0.25, 0.3) is 0 Å². The maximum absolute atomic E-state index is 11.4. The smallest absolute Gasteiger partial charge is 0.305 e. The number of carbonyl (C=O) groups excluding carboxylic acids is 1. The summed E-state index contributed by atoms with van der Waals surface area (Å²) in [5.74, 6) is -1.57. The third kappa shape index (κ3) is 5.09. The second-order valence-corrected chi connectivity index (χ2v) is 4.26. The molecule has 0 rings (SSSR count). The molecule has 0 heterocycles. The van der Waals surface area contributed by atoms with Crippen molar-refractivity contribution >= 4 is 11.9 Å². The highest BCUT2D eigenvalue weighted by molar-refractivity contribution is 5.81. The van der Waals surface area contributed by atoms with Crippen molar-refractivity contribution in [2.75, 3.05) is 20.3 Å². The number of ether oxygens (including phenoxy) is 1. The van der Waals surface area contributed by atoms with E-state index < -0.39 is 23.4 Å². The van der Waals surface area contributed by atoms with Crippen molar-refractivity contribution in [3.05, 3.63) is 0 Å². The average Bonchev–Trinajstić information content (AvgIpc) is 2.15. The summed E-state index contributed by atoms with van der Waals surface area (Å²) < 4.78 is 4.89. The predicted molar refractivity (Wildman–Crippen MR) is 56.9 cm³/mol. The summed E-state index contributed by atoms with van der Waals surface area (Å²) in [5, 5.41) is 20.4. The predicted octanol–water partition coefficient (Wildman–Crippen LogP) is -0.389. The molecular formula is C10H19NO5. The Morgan fingerprint density at radius 1 is 1.44 bits per heavy atom. The molecule has 0 aromatic carbocycles. The van der Waals surface area contributed by atoms with Crippen LogP contribution in [0, 0.1) is 5.41 Å². The lowest BCUT2D eigenvalue weighted by molar-refractivity contribution is -0.139. The Morgan fingerprint density at radius 3 is 2.44 bits per heavy atom. The topological polar surface area (TPSA) is 95.9 Å². The Morgan fingerprint density at radius 2 is 2.00 bits per heavy atom. The molecular weight excluding hydrogens is 214 g/mol. The number of amides is 1. The van der Waals surface area contributed by atoms with Crippen molar-refractivity contribution in [2.45, 2.75) is 26.4 Å². The van der Waals surface area contributed by atoms with Gasteiger partial charge in [-0.25, -0.2) is 0 Å². The third-order valence-electron chi connectivity index (χ3n) is 2.14. The quantitative estimate of drug-likeness (QED) is 0.556. The van der Waals surface area contributed by atoms with Crippen LogP contribution in [0.1, 0.15) is 20.3 Å². The summed E-state index contributed by atoms with van der Waals surface area (Å²) in [6.07, 6.45) is -1.38. The summed E-state index contributed by atoms with van der Waals surface area (Å²) in [5.41, 5.74) is -0.706. The van der Waals surface area contributed by atoms with Gasteiger partial charge in [0.05, 0.1) is 13.0 Å². The zero-order valence-corrected chi connectivity index (χ0v) is 9.82. The number of aliphatic hydroxyl groups excluding tert-OH is 1. The van der Waals surface area contributed by atoms with Gasteiger partial charge in [0.15, 0.2) is 0 Å². The van der Waals surface area contributed by atoms with E-state index in [1.165, 1.54) is 7.11 Å². The minimum Gasteiger partial charge on any atom is -0.481 e. The molecule has 6 heteroatoms. The van der Waals surface area contributed by atoms with Crippen LogP contribution in [0.15, 0.2) is 0 Å². The first-order chi connectivity index (χ1) is 7.31. The Bertz CT molecular complexity index is 252. The van der Waals surface area contributed by atoms with E-state index >= 15 is 0 Å². The number of carboxylic acid groups (broad SMARTS) is 1. The maximum atomic E-state index is 11.4. The molecule has 0 aliphatic rings. The largest absolute Gasteiger partial charge is 0.481 e. The lowest BCUT2D eigenvalue weighted by atomic mass is 9.87. The van der Waals surface area contributed by atoms with Gasteiger partial charge in [0.2, 0.25) is 5.91 Å². The molecule has 16 heavy (non-hydrogen) atoms. The minimum atomic E-state index is -1.22. The van der Waals surface area contributed by atoms with Crippen molar-refractivity contribution in [1.82, 2.24) is 5.32 Å². The average molecular weight is 233 g/mol. The molecule has 1 amide bonds. The summed E-state index contributed by atoms with van der Waals surface area (Å²) in [4.78, 5) is 21.7. The van der Waals surface area contributed by atoms with E-state index in [1.807, 2.05) is 0 Å². The molecule has 6 nitrogen and oxygen atoms in total. The van der Waals surface area contributed by atoms with Gasteiger partial charge < -0.3 is 20.3 Å². The first-order valence-corrected chi connectivity index (χ1v) is 4.97. The van der Waals surface area contributed by atoms with Gasteiger partial charge in [-0.2, -0.15) is 0 Å². The highest BCUT2D eigenvalue weighted by atomic mass is 16.5. The molecule has 0 saturated heterocycles. The number of carboxylic acids is 1. The van der Waals surface area contributed by atoms with Crippen LogP contribution in [-0.2, 0) is 14.3 Å². The molecule has 1 atom stereocenters. The maximum Gasteiger partial charge on any atom is 0.305 e. The molecule has 0 aliphatic carbocycles.